The Morgan fingerprint density at radius 2 is 1.02 bits per heavy atom. The molecule has 0 unspecified atom stereocenters. The molecule has 258 valence electrons. The molecule has 9 heteroatoms. The maximum atomic E-state index is 11.3. The van der Waals surface area contributed by atoms with Crippen LogP contribution in [-0.2, 0) is 28.6 Å². The van der Waals surface area contributed by atoms with Crippen LogP contribution in [0.15, 0.2) is 36.5 Å². The Labute approximate surface area is 270 Å². The lowest BCUT2D eigenvalue weighted by Gasteiger charge is -2.22. The van der Waals surface area contributed by atoms with Crippen LogP contribution >= 0.6 is 0 Å². The number of carbonyl (C=O) groups is 3. The molecule has 0 saturated heterocycles. The van der Waals surface area contributed by atoms with Gasteiger partial charge in [-0.2, -0.15) is 0 Å². The molecule has 0 fully saturated rings. The third-order valence-electron chi connectivity index (χ3n) is 5.82. The fourth-order valence-electron chi connectivity index (χ4n) is 3.26. The van der Waals surface area contributed by atoms with Gasteiger partial charge in [0.15, 0.2) is 0 Å². The van der Waals surface area contributed by atoms with Crippen LogP contribution in [0.1, 0.15) is 100 Å². The van der Waals surface area contributed by atoms with Gasteiger partial charge in [0.2, 0.25) is 0 Å². The van der Waals surface area contributed by atoms with Crippen molar-refractivity contribution in [1.29, 1.82) is 0 Å². The maximum absolute atomic E-state index is 11.3. The molecule has 0 atom stereocenters. The normalized spacial score (nSPS) is 10.6. The quantitative estimate of drug-likeness (QED) is 0.0678. The van der Waals surface area contributed by atoms with Gasteiger partial charge in [-0.25, -0.2) is 14.4 Å². The number of nitrogens with one attached hydrogen (secondary N) is 1. The van der Waals surface area contributed by atoms with Gasteiger partial charge in [0.25, 0.3) is 0 Å². The molecule has 0 spiro atoms. The monoisotopic (exact) mass is 626 g/mol. The number of nitrogens with zero attached hydrogens (tertiary/aromatic N) is 2. The van der Waals surface area contributed by atoms with Crippen LogP contribution in [-0.4, -0.2) is 99.9 Å². The zero-order valence-electron chi connectivity index (χ0n) is 30.1. The average molecular weight is 626 g/mol. The van der Waals surface area contributed by atoms with Crippen molar-refractivity contribution in [3.8, 4) is 0 Å². The predicted molar refractivity (Wildman–Crippen MR) is 184 cm³/mol. The summed E-state index contributed by atoms with van der Waals surface area (Å²) in [6, 6.07) is 0. The summed E-state index contributed by atoms with van der Waals surface area (Å²) in [4.78, 5) is 37.5. The first-order valence-electron chi connectivity index (χ1n) is 16.1. The van der Waals surface area contributed by atoms with E-state index in [0.29, 0.717) is 43.1 Å². The number of rotatable bonds is 21. The number of hydrogen-bond donors (Lipinski definition) is 1. The topological polar surface area (TPSA) is 97.4 Å². The van der Waals surface area contributed by atoms with Crippen molar-refractivity contribution in [3.63, 3.8) is 0 Å². The van der Waals surface area contributed by atoms with Crippen LogP contribution in [0.2, 0.25) is 0 Å². The molecule has 0 bridgehead atoms. The molecule has 0 aliphatic rings. The molecule has 0 rings (SSSR count). The van der Waals surface area contributed by atoms with Gasteiger partial charge in [0.1, 0.15) is 13.2 Å². The Hall–Kier alpha value is -2.49. The molecule has 0 heterocycles. The lowest BCUT2D eigenvalue weighted by molar-refractivity contribution is -0.140. The third-order valence-corrected chi connectivity index (χ3v) is 5.82. The van der Waals surface area contributed by atoms with E-state index >= 15 is 0 Å². The average Bonchev–Trinajstić information content (AvgIpc) is 2.93. The maximum Gasteiger partial charge on any atom is 0.333 e. The van der Waals surface area contributed by atoms with Crippen LogP contribution in [0.25, 0.3) is 0 Å². The first-order chi connectivity index (χ1) is 20.5. The molecule has 9 nitrogen and oxygen atoms in total. The summed E-state index contributed by atoms with van der Waals surface area (Å²) in [7, 11) is 3.97. The van der Waals surface area contributed by atoms with E-state index in [1.807, 2.05) is 14.1 Å². The highest BCUT2D eigenvalue weighted by atomic mass is 16.5. The molecule has 0 aromatic carbocycles. The summed E-state index contributed by atoms with van der Waals surface area (Å²) in [6.07, 6.45) is 8.37. The second kappa shape index (κ2) is 29.2. The summed E-state index contributed by atoms with van der Waals surface area (Å²) in [5.74, 6) is -0.897. The Morgan fingerprint density at radius 3 is 1.39 bits per heavy atom. The number of hydrogen-bond acceptors (Lipinski definition) is 9. The van der Waals surface area contributed by atoms with Gasteiger partial charge in [0, 0.05) is 41.9 Å². The fourth-order valence-corrected chi connectivity index (χ4v) is 3.26. The summed E-state index contributed by atoms with van der Waals surface area (Å²) in [5, 5.41) is 3.21. The Morgan fingerprint density at radius 1 is 0.614 bits per heavy atom. The van der Waals surface area contributed by atoms with Crippen molar-refractivity contribution in [3.05, 3.63) is 36.5 Å². The summed E-state index contributed by atoms with van der Waals surface area (Å²) < 4.78 is 15.0. The minimum Gasteiger partial charge on any atom is -0.462 e. The first-order valence-corrected chi connectivity index (χ1v) is 16.1. The van der Waals surface area contributed by atoms with Crippen LogP contribution in [0, 0.1) is 0 Å². The highest BCUT2D eigenvalue weighted by molar-refractivity contribution is 5.87. The number of esters is 3. The van der Waals surface area contributed by atoms with Crippen LogP contribution in [0.3, 0.4) is 0 Å². The van der Waals surface area contributed by atoms with Gasteiger partial charge in [0.05, 0.1) is 6.61 Å². The molecule has 0 aromatic heterocycles. The molecule has 0 aliphatic carbocycles. The molecule has 1 N–H and O–H groups in total. The molecule has 0 radical (unpaired) electrons. The fraction of sp³-hybridized carbons (Fsp3) is 0.743. The van der Waals surface area contributed by atoms with E-state index in [0.717, 1.165) is 32.6 Å². The molecular formula is C35H67N3O6. The van der Waals surface area contributed by atoms with Crippen LogP contribution < -0.4 is 5.32 Å². The lowest BCUT2D eigenvalue weighted by atomic mass is 10.1. The molecule has 0 amide bonds. The second-order valence-corrected chi connectivity index (χ2v) is 12.3. The highest BCUT2D eigenvalue weighted by Gasteiger charge is 2.09. The molecule has 0 aromatic rings. The highest BCUT2D eigenvalue weighted by Crippen LogP contribution is 2.03. The van der Waals surface area contributed by atoms with Crippen molar-refractivity contribution in [2.24, 2.45) is 0 Å². The Balaban J connectivity index is -0.000000595. The molecule has 44 heavy (non-hydrogen) atoms. The molecule has 0 aliphatic heterocycles. The molecular weight excluding hydrogens is 558 g/mol. The third kappa shape index (κ3) is 35.7. The number of unbranched alkanes of at least 4 members (excludes halogenated alkanes) is 4. The van der Waals surface area contributed by atoms with Gasteiger partial charge in [-0.15, -0.1) is 0 Å². The van der Waals surface area contributed by atoms with Crippen molar-refractivity contribution in [2.75, 3.05) is 66.6 Å². The van der Waals surface area contributed by atoms with Gasteiger partial charge in [-0.05, 0) is 88.0 Å². The van der Waals surface area contributed by atoms with E-state index in [2.05, 4.69) is 69.5 Å². The van der Waals surface area contributed by atoms with Crippen molar-refractivity contribution >= 4 is 17.9 Å². The van der Waals surface area contributed by atoms with Gasteiger partial charge < -0.3 is 24.4 Å². The SMILES string of the molecule is C=C(C)C(=O)OCCCN(C)C.C=C(C)C(=O)OCCN(CCCCC)CCCCC.C=C(C)C(=O)OCCNC(C)(C)C. The zero-order valence-corrected chi connectivity index (χ0v) is 30.1. The van der Waals surface area contributed by atoms with E-state index in [1.165, 1.54) is 38.5 Å². The standard InChI is InChI=1S/C16H31NO2.C10H19NO2.C9H17NO2/c1-5-7-9-11-17(12-10-8-6-2)13-14-19-16(18)15(3)4;1-8(2)9(12)13-7-6-11-10(3,4)5;1-8(2)9(11)12-7-5-6-10(3)4/h3,5-14H2,1-2,4H3;11H,1,6-7H2,2-5H3;1,5-7H2,2-4H3. The van der Waals surface area contributed by atoms with E-state index in [-0.39, 0.29) is 23.4 Å². The van der Waals surface area contributed by atoms with Gasteiger partial charge in [-0.3, -0.25) is 4.90 Å². The second-order valence-electron chi connectivity index (χ2n) is 12.3. The van der Waals surface area contributed by atoms with Gasteiger partial charge in [-0.1, -0.05) is 59.3 Å². The minimum absolute atomic E-state index is 0.0651. The van der Waals surface area contributed by atoms with E-state index in [1.54, 1.807) is 20.8 Å². The van der Waals surface area contributed by atoms with Crippen molar-refractivity contribution in [1.82, 2.24) is 15.1 Å². The minimum atomic E-state index is -0.323. The van der Waals surface area contributed by atoms with Crippen LogP contribution in [0.4, 0.5) is 0 Å². The smallest absolute Gasteiger partial charge is 0.333 e. The van der Waals surface area contributed by atoms with Crippen molar-refractivity contribution in [2.45, 2.75) is 106 Å². The van der Waals surface area contributed by atoms with Crippen molar-refractivity contribution < 1.29 is 28.6 Å². The molecule has 0 saturated carbocycles. The van der Waals surface area contributed by atoms with E-state index < -0.39 is 0 Å². The van der Waals surface area contributed by atoms with E-state index in [4.69, 9.17) is 14.2 Å². The van der Waals surface area contributed by atoms with Gasteiger partial charge >= 0.3 is 17.9 Å². The summed E-state index contributed by atoms with van der Waals surface area (Å²) >= 11 is 0. The first kappa shape index (κ1) is 45.9. The summed E-state index contributed by atoms with van der Waals surface area (Å²) in [6.45, 7) is 32.2. The predicted octanol–water partition coefficient (Wildman–Crippen LogP) is 6.34. The summed E-state index contributed by atoms with van der Waals surface area (Å²) in [5.41, 5.74) is 1.44. The van der Waals surface area contributed by atoms with E-state index in [9.17, 15) is 14.4 Å². The Bertz CT molecular complexity index is 808. The number of ether oxygens (including phenoxy) is 3. The largest absolute Gasteiger partial charge is 0.462 e. The lowest BCUT2D eigenvalue weighted by Crippen LogP contribution is -2.38. The van der Waals surface area contributed by atoms with Crippen LogP contribution in [0.5, 0.6) is 0 Å². The number of carbonyl (C=O) groups excluding carboxylic acids is 3. The zero-order chi connectivity index (χ0) is 34.6. The Kier molecular flexibility index (Phi) is 30.5.